The molecular formula is C19H29N3O3. The van der Waals surface area contributed by atoms with Crippen LogP contribution in [0.4, 0.5) is 0 Å². The van der Waals surface area contributed by atoms with Gasteiger partial charge in [0, 0.05) is 37.8 Å². The predicted octanol–water partition coefficient (Wildman–Crippen LogP) is 2.85. The zero-order valence-corrected chi connectivity index (χ0v) is 15.4. The third-order valence-electron chi connectivity index (χ3n) is 3.86. The van der Waals surface area contributed by atoms with Gasteiger partial charge in [-0.1, -0.05) is 18.2 Å². The van der Waals surface area contributed by atoms with E-state index in [9.17, 15) is 0 Å². The van der Waals surface area contributed by atoms with E-state index in [1.54, 1.807) is 7.11 Å². The van der Waals surface area contributed by atoms with Crippen LogP contribution in [0.25, 0.3) is 11.0 Å². The number of aryl methyl sites for hydroxylation is 1. The fraction of sp³-hybridized carbons (Fsp3) is 0.526. The van der Waals surface area contributed by atoms with Gasteiger partial charge in [0.1, 0.15) is 17.9 Å². The molecule has 0 aliphatic rings. The van der Waals surface area contributed by atoms with E-state index in [1.165, 1.54) is 0 Å². The van der Waals surface area contributed by atoms with Crippen molar-refractivity contribution >= 4 is 16.9 Å². The number of ether oxygens (including phenoxy) is 2. The van der Waals surface area contributed by atoms with Crippen LogP contribution in [0.2, 0.25) is 0 Å². The summed E-state index contributed by atoms with van der Waals surface area (Å²) in [4.78, 5) is 4.63. The van der Waals surface area contributed by atoms with Crippen molar-refractivity contribution in [1.29, 1.82) is 0 Å². The molecule has 0 bridgehead atoms. The average Bonchev–Trinajstić information content (AvgIpc) is 2.95. The second-order valence-electron chi connectivity index (χ2n) is 5.73. The highest BCUT2D eigenvalue weighted by Gasteiger charge is 2.09. The lowest BCUT2D eigenvalue weighted by atomic mass is 10.1. The Morgan fingerprint density at radius 3 is 2.76 bits per heavy atom. The van der Waals surface area contributed by atoms with Crippen LogP contribution in [0.3, 0.4) is 0 Å². The summed E-state index contributed by atoms with van der Waals surface area (Å²) in [7, 11) is 1.67. The molecule has 138 valence electrons. The van der Waals surface area contributed by atoms with Crippen molar-refractivity contribution in [2.75, 3.05) is 40.0 Å². The van der Waals surface area contributed by atoms with Crippen molar-refractivity contribution in [2.45, 2.75) is 26.8 Å². The maximum absolute atomic E-state index is 5.91. The van der Waals surface area contributed by atoms with Crippen molar-refractivity contribution in [2.24, 2.45) is 4.99 Å². The molecule has 0 fully saturated rings. The van der Waals surface area contributed by atoms with Crippen molar-refractivity contribution in [3.8, 4) is 0 Å². The number of hydrogen-bond acceptors (Lipinski definition) is 4. The zero-order chi connectivity index (χ0) is 17.9. The molecule has 25 heavy (non-hydrogen) atoms. The number of nitrogens with zero attached hydrogens (tertiary/aromatic N) is 1. The molecule has 0 spiro atoms. The first-order valence-corrected chi connectivity index (χ1v) is 8.82. The molecule has 0 aliphatic heterocycles. The molecule has 0 radical (unpaired) electrons. The van der Waals surface area contributed by atoms with E-state index in [0.717, 1.165) is 47.8 Å². The Balaban J connectivity index is 1.85. The maximum atomic E-state index is 5.91. The van der Waals surface area contributed by atoms with Crippen molar-refractivity contribution < 1.29 is 13.9 Å². The van der Waals surface area contributed by atoms with Gasteiger partial charge < -0.3 is 24.5 Å². The third-order valence-corrected chi connectivity index (χ3v) is 3.86. The normalized spacial score (nSPS) is 11.9. The second-order valence-corrected chi connectivity index (χ2v) is 5.73. The number of fused-ring (bicyclic) bond motifs is 1. The highest BCUT2D eigenvalue weighted by molar-refractivity contribution is 5.82. The SMILES string of the molecule is CCNC(=NCc1oc2ccccc2c1C)NCCCOCCOC. The third kappa shape index (κ3) is 6.07. The molecule has 2 rings (SSSR count). The lowest BCUT2D eigenvalue weighted by molar-refractivity contribution is 0.0698. The van der Waals surface area contributed by atoms with E-state index < -0.39 is 0 Å². The van der Waals surface area contributed by atoms with E-state index in [-0.39, 0.29) is 0 Å². The van der Waals surface area contributed by atoms with E-state index >= 15 is 0 Å². The average molecular weight is 347 g/mol. The Kier molecular flexibility index (Phi) is 8.28. The van der Waals surface area contributed by atoms with Crippen molar-refractivity contribution in [1.82, 2.24) is 10.6 Å². The lowest BCUT2D eigenvalue weighted by Gasteiger charge is -2.11. The number of para-hydroxylation sites is 1. The minimum Gasteiger partial charge on any atom is -0.459 e. The van der Waals surface area contributed by atoms with Gasteiger partial charge in [-0.25, -0.2) is 4.99 Å². The molecule has 0 amide bonds. The van der Waals surface area contributed by atoms with Crippen LogP contribution in [-0.4, -0.2) is 46.0 Å². The Bertz CT molecular complexity index is 667. The first-order valence-electron chi connectivity index (χ1n) is 8.82. The number of aliphatic imine (C=N–C) groups is 1. The quantitative estimate of drug-likeness (QED) is 0.393. The maximum Gasteiger partial charge on any atom is 0.191 e. The Morgan fingerprint density at radius 1 is 1.16 bits per heavy atom. The number of rotatable bonds is 10. The van der Waals surface area contributed by atoms with Gasteiger partial charge in [-0.3, -0.25) is 0 Å². The van der Waals surface area contributed by atoms with Crippen LogP contribution >= 0.6 is 0 Å². The molecular weight excluding hydrogens is 318 g/mol. The fourth-order valence-corrected chi connectivity index (χ4v) is 2.49. The van der Waals surface area contributed by atoms with Crippen LogP contribution in [0, 0.1) is 6.92 Å². The first-order chi connectivity index (χ1) is 12.3. The van der Waals surface area contributed by atoms with Gasteiger partial charge in [-0.05, 0) is 26.3 Å². The van der Waals surface area contributed by atoms with Gasteiger partial charge in [0.25, 0.3) is 0 Å². The van der Waals surface area contributed by atoms with E-state index in [4.69, 9.17) is 13.9 Å². The summed E-state index contributed by atoms with van der Waals surface area (Å²) < 4.78 is 16.3. The van der Waals surface area contributed by atoms with Gasteiger partial charge in [0.2, 0.25) is 0 Å². The van der Waals surface area contributed by atoms with Crippen molar-refractivity contribution in [3.63, 3.8) is 0 Å². The summed E-state index contributed by atoms with van der Waals surface area (Å²) in [6.07, 6.45) is 0.914. The number of benzene rings is 1. The molecule has 2 N–H and O–H groups in total. The Labute approximate surface area is 149 Å². The van der Waals surface area contributed by atoms with Crippen LogP contribution in [0.1, 0.15) is 24.7 Å². The van der Waals surface area contributed by atoms with Crippen LogP contribution in [-0.2, 0) is 16.0 Å². The molecule has 6 heteroatoms. The minimum absolute atomic E-state index is 0.514. The Morgan fingerprint density at radius 2 is 2.00 bits per heavy atom. The molecule has 1 heterocycles. The molecule has 0 unspecified atom stereocenters. The molecule has 2 aromatic rings. The van der Waals surface area contributed by atoms with Gasteiger partial charge in [0.05, 0.1) is 13.2 Å². The summed E-state index contributed by atoms with van der Waals surface area (Å²) in [6.45, 7) is 8.24. The summed E-state index contributed by atoms with van der Waals surface area (Å²) in [6, 6.07) is 8.08. The number of nitrogens with one attached hydrogen (secondary N) is 2. The number of guanidine groups is 1. The summed E-state index contributed by atoms with van der Waals surface area (Å²) in [5.41, 5.74) is 2.07. The second kappa shape index (κ2) is 10.7. The largest absolute Gasteiger partial charge is 0.459 e. The highest BCUT2D eigenvalue weighted by Crippen LogP contribution is 2.25. The Hall–Kier alpha value is -2.05. The topological polar surface area (TPSA) is 68.0 Å². The van der Waals surface area contributed by atoms with E-state index in [0.29, 0.717) is 26.4 Å². The van der Waals surface area contributed by atoms with E-state index in [2.05, 4.69) is 35.5 Å². The lowest BCUT2D eigenvalue weighted by Crippen LogP contribution is -2.38. The monoisotopic (exact) mass is 347 g/mol. The number of furan rings is 1. The molecule has 0 saturated carbocycles. The van der Waals surface area contributed by atoms with Crippen LogP contribution < -0.4 is 10.6 Å². The van der Waals surface area contributed by atoms with Crippen LogP contribution in [0.15, 0.2) is 33.7 Å². The van der Waals surface area contributed by atoms with Crippen LogP contribution in [0.5, 0.6) is 0 Å². The molecule has 0 saturated heterocycles. The van der Waals surface area contributed by atoms with Gasteiger partial charge >= 0.3 is 0 Å². The number of methoxy groups -OCH3 is 1. The van der Waals surface area contributed by atoms with Gasteiger partial charge in [-0.2, -0.15) is 0 Å². The van der Waals surface area contributed by atoms with Gasteiger partial charge in [-0.15, -0.1) is 0 Å². The molecule has 0 aliphatic carbocycles. The molecule has 0 atom stereocenters. The molecule has 1 aromatic heterocycles. The summed E-state index contributed by atoms with van der Waals surface area (Å²) in [5, 5.41) is 7.73. The molecule has 1 aromatic carbocycles. The smallest absolute Gasteiger partial charge is 0.191 e. The summed E-state index contributed by atoms with van der Waals surface area (Å²) in [5.74, 6) is 1.69. The first kappa shape index (κ1) is 19.3. The highest BCUT2D eigenvalue weighted by atomic mass is 16.5. The van der Waals surface area contributed by atoms with E-state index in [1.807, 2.05) is 18.2 Å². The molecule has 6 nitrogen and oxygen atoms in total. The summed E-state index contributed by atoms with van der Waals surface area (Å²) >= 11 is 0. The number of hydrogen-bond donors (Lipinski definition) is 2. The minimum atomic E-state index is 0.514. The van der Waals surface area contributed by atoms with Gasteiger partial charge in [0.15, 0.2) is 5.96 Å². The zero-order valence-electron chi connectivity index (χ0n) is 15.4. The standard InChI is InChI=1S/C19H29N3O3/c1-4-20-19(21-10-7-11-24-13-12-23-3)22-14-18-15(2)16-8-5-6-9-17(16)25-18/h5-6,8-9H,4,7,10-14H2,1-3H3,(H2,20,21,22). The predicted molar refractivity (Wildman–Crippen MR) is 101 cm³/mol. The van der Waals surface area contributed by atoms with Crippen molar-refractivity contribution in [3.05, 3.63) is 35.6 Å². The fourth-order valence-electron chi connectivity index (χ4n) is 2.49.